The Morgan fingerprint density at radius 1 is 1.21 bits per heavy atom. The minimum atomic E-state index is 0.896. The maximum atomic E-state index is 5.63. The summed E-state index contributed by atoms with van der Waals surface area (Å²) < 4.78 is 5.63. The fourth-order valence-electron chi connectivity index (χ4n) is 2.05. The lowest BCUT2D eigenvalue weighted by Crippen LogP contribution is -2.26. The highest BCUT2D eigenvalue weighted by Crippen LogP contribution is 2.11. The van der Waals surface area contributed by atoms with Crippen LogP contribution in [0.4, 0.5) is 0 Å². The van der Waals surface area contributed by atoms with Gasteiger partial charge in [0, 0.05) is 12.1 Å². The highest BCUT2D eigenvalue weighted by molar-refractivity contribution is 5.12. The Hall–Kier alpha value is -0.840. The monoisotopic (exact) mass is 267 g/mol. The van der Waals surface area contributed by atoms with Crippen molar-refractivity contribution >= 4 is 0 Å². The average Bonchev–Trinajstić information content (AvgIpc) is 2.82. The summed E-state index contributed by atoms with van der Waals surface area (Å²) in [5.41, 5.74) is 1.24. The molecule has 4 nitrogen and oxygen atoms in total. The zero-order valence-electron chi connectivity index (χ0n) is 12.9. The van der Waals surface area contributed by atoms with E-state index in [1.54, 1.807) is 0 Å². The third-order valence-corrected chi connectivity index (χ3v) is 3.19. The first-order chi connectivity index (χ1) is 9.15. The molecule has 4 heteroatoms. The molecular weight excluding hydrogens is 238 g/mol. The number of rotatable bonds is 10. The van der Waals surface area contributed by atoms with Crippen molar-refractivity contribution in [3.05, 3.63) is 23.7 Å². The van der Waals surface area contributed by atoms with Crippen molar-refractivity contribution in [3.63, 3.8) is 0 Å². The highest BCUT2D eigenvalue weighted by atomic mass is 16.3. The van der Waals surface area contributed by atoms with Gasteiger partial charge in [-0.3, -0.25) is 4.90 Å². The minimum absolute atomic E-state index is 0.896. The van der Waals surface area contributed by atoms with E-state index in [2.05, 4.69) is 49.1 Å². The van der Waals surface area contributed by atoms with Gasteiger partial charge in [0.05, 0.1) is 12.8 Å². The molecule has 1 N–H and O–H groups in total. The van der Waals surface area contributed by atoms with Crippen LogP contribution in [0.2, 0.25) is 0 Å². The Labute approximate surface area is 117 Å². The van der Waals surface area contributed by atoms with Crippen LogP contribution in [-0.2, 0) is 13.1 Å². The molecule has 0 amide bonds. The smallest absolute Gasteiger partial charge is 0.118 e. The largest absolute Gasteiger partial charge is 0.468 e. The summed E-state index contributed by atoms with van der Waals surface area (Å²) in [6.45, 7) is 10.5. The first kappa shape index (κ1) is 16.2. The van der Waals surface area contributed by atoms with Crippen molar-refractivity contribution in [2.75, 3.05) is 40.3 Å². The SMILES string of the molecule is CCNCc1coc(CN(CC)CCCN(C)C)c1. The topological polar surface area (TPSA) is 31.7 Å². The summed E-state index contributed by atoms with van der Waals surface area (Å²) in [7, 11) is 4.24. The van der Waals surface area contributed by atoms with E-state index < -0.39 is 0 Å². The van der Waals surface area contributed by atoms with Gasteiger partial charge in [-0.15, -0.1) is 0 Å². The zero-order chi connectivity index (χ0) is 14.1. The van der Waals surface area contributed by atoms with Crippen molar-refractivity contribution in [2.24, 2.45) is 0 Å². The molecule has 0 unspecified atom stereocenters. The molecule has 0 saturated carbocycles. The number of hydrogen-bond acceptors (Lipinski definition) is 4. The standard InChI is InChI=1S/C15H29N3O/c1-5-16-11-14-10-15(19-13-14)12-18(6-2)9-7-8-17(3)4/h10,13,16H,5-9,11-12H2,1-4H3. The molecule has 1 aromatic rings. The Balaban J connectivity index is 2.35. The minimum Gasteiger partial charge on any atom is -0.468 e. The van der Waals surface area contributed by atoms with Crippen molar-refractivity contribution < 1.29 is 4.42 Å². The van der Waals surface area contributed by atoms with Gasteiger partial charge >= 0.3 is 0 Å². The average molecular weight is 267 g/mol. The molecule has 0 aliphatic carbocycles. The molecule has 0 spiro atoms. The predicted octanol–water partition coefficient (Wildman–Crippen LogP) is 2.16. The van der Waals surface area contributed by atoms with E-state index >= 15 is 0 Å². The molecule has 0 aliphatic rings. The zero-order valence-corrected chi connectivity index (χ0v) is 12.9. The van der Waals surface area contributed by atoms with Gasteiger partial charge in [-0.1, -0.05) is 13.8 Å². The molecule has 0 atom stereocenters. The van der Waals surface area contributed by atoms with Gasteiger partial charge in [-0.25, -0.2) is 0 Å². The molecular formula is C15H29N3O. The molecule has 0 bridgehead atoms. The second-order valence-electron chi connectivity index (χ2n) is 5.23. The molecule has 1 aromatic heterocycles. The molecule has 0 aromatic carbocycles. The molecule has 1 heterocycles. The molecule has 0 radical (unpaired) electrons. The summed E-state index contributed by atoms with van der Waals surface area (Å²) >= 11 is 0. The third kappa shape index (κ3) is 6.76. The predicted molar refractivity (Wildman–Crippen MR) is 80.2 cm³/mol. The Morgan fingerprint density at radius 3 is 2.63 bits per heavy atom. The van der Waals surface area contributed by atoms with E-state index in [4.69, 9.17) is 4.42 Å². The number of nitrogens with one attached hydrogen (secondary N) is 1. The fraction of sp³-hybridized carbons (Fsp3) is 0.733. The molecule has 0 aliphatic heterocycles. The number of hydrogen-bond donors (Lipinski definition) is 1. The van der Waals surface area contributed by atoms with Gasteiger partial charge in [-0.05, 0) is 52.8 Å². The summed E-state index contributed by atoms with van der Waals surface area (Å²) in [5, 5.41) is 3.31. The normalized spacial score (nSPS) is 11.7. The Bertz CT molecular complexity index is 336. The van der Waals surface area contributed by atoms with Crippen LogP contribution in [-0.4, -0.2) is 50.1 Å². The van der Waals surface area contributed by atoms with Crippen LogP contribution in [0.25, 0.3) is 0 Å². The molecule has 0 saturated heterocycles. The Kier molecular flexibility index (Phi) is 7.79. The van der Waals surface area contributed by atoms with E-state index in [1.807, 2.05) is 6.26 Å². The first-order valence-corrected chi connectivity index (χ1v) is 7.29. The van der Waals surface area contributed by atoms with E-state index in [0.717, 1.165) is 45.0 Å². The molecule has 19 heavy (non-hydrogen) atoms. The second-order valence-corrected chi connectivity index (χ2v) is 5.23. The van der Waals surface area contributed by atoms with E-state index in [1.165, 1.54) is 12.0 Å². The third-order valence-electron chi connectivity index (χ3n) is 3.19. The second kappa shape index (κ2) is 9.13. The quantitative estimate of drug-likeness (QED) is 0.704. The summed E-state index contributed by atoms with van der Waals surface area (Å²) in [5.74, 6) is 1.07. The lowest BCUT2D eigenvalue weighted by molar-refractivity contribution is 0.240. The Morgan fingerprint density at radius 2 is 2.00 bits per heavy atom. The van der Waals surface area contributed by atoms with Crippen LogP contribution in [0.5, 0.6) is 0 Å². The number of furan rings is 1. The van der Waals surface area contributed by atoms with Gasteiger partial charge in [0.15, 0.2) is 0 Å². The fourth-order valence-corrected chi connectivity index (χ4v) is 2.05. The lowest BCUT2D eigenvalue weighted by Gasteiger charge is -2.20. The van der Waals surface area contributed by atoms with E-state index in [0.29, 0.717) is 0 Å². The van der Waals surface area contributed by atoms with Gasteiger partial charge in [-0.2, -0.15) is 0 Å². The maximum Gasteiger partial charge on any atom is 0.118 e. The van der Waals surface area contributed by atoms with Crippen LogP contribution >= 0.6 is 0 Å². The van der Waals surface area contributed by atoms with E-state index in [-0.39, 0.29) is 0 Å². The summed E-state index contributed by atoms with van der Waals surface area (Å²) in [6, 6.07) is 2.16. The van der Waals surface area contributed by atoms with E-state index in [9.17, 15) is 0 Å². The molecule has 1 rings (SSSR count). The van der Waals surface area contributed by atoms with Gasteiger partial charge in [0.1, 0.15) is 5.76 Å². The van der Waals surface area contributed by atoms with Crippen LogP contribution in [0.1, 0.15) is 31.6 Å². The van der Waals surface area contributed by atoms with Crippen molar-refractivity contribution in [1.29, 1.82) is 0 Å². The van der Waals surface area contributed by atoms with Gasteiger partial charge in [0.25, 0.3) is 0 Å². The van der Waals surface area contributed by atoms with Crippen LogP contribution < -0.4 is 5.32 Å². The molecule has 0 fully saturated rings. The van der Waals surface area contributed by atoms with Crippen LogP contribution in [0.3, 0.4) is 0 Å². The van der Waals surface area contributed by atoms with Crippen LogP contribution in [0, 0.1) is 0 Å². The van der Waals surface area contributed by atoms with Gasteiger partial charge in [0.2, 0.25) is 0 Å². The lowest BCUT2D eigenvalue weighted by atomic mass is 10.3. The molecule has 110 valence electrons. The maximum absolute atomic E-state index is 5.63. The number of nitrogens with zero attached hydrogens (tertiary/aromatic N) is 2. The van der Waals surface area contributed by atoms with Crippen LogP contribution in [0.15, 0.2) is 16.7 Å². The summed E-state index contributed by atoms with van der Waals surface area (Å²) in [4.78, 5) is 4.66. The summed E-state index contributed by atoms with van der Waals surface area (Å²) in [6.07, 6.45) is 3.07. The van der Waals surface area contributed by atoms with Gasteiger partial charge < -0.3 is 14.6 Å². The highest BCUT2D eigenvalue weighted by Gasteiger charge is 2.07. The van der Waals surface area contributed by atoms with Crippen molar-refractivity contribution in [2.45, 2.75) is 33.4 Å². The first-order valence-electron chi connectivity index (χ1n) is 7.29. The van der Waals surface area contributed by atoms with Crippen molar-refractivity contribution in [1.82, 2.24) is 15.1 Å². The van der Waals surface area contributed by atoms with Crippen molar-refractivity contribution in [3.8, 4) is 0 Å².